The maximum Gasteiger partial charge on any atom is 0.165 e. The number of hydrogen-bond acceptors (Lipinski definition) is 8. The van der Waals surface area contributed by atoms with Gasteiger partial charge in [0.05, 0.1) is 23.9 Å². The van der Waals surface area contributed by atoms with Crippen LogP contribution < -0.4 is 16.2 Å². The summed E-state index contributed by atoms with van der Waals surface area (Å²) in [6.45, 7) is 2.30. The zero-order valence-corrected chi connectivity index (χ0v) is 27.3. The van der Waals surface area contributed by atoms with Crippen LogP contribution in [0.5, 0.6) is 11.5 Å². The predicted octanol–water partition coefficient (Wildman–Crippen LogP) is 4.90. The lowest BCUT2D eigenvalue weighted by Gasteiger charge is -2.31. The molecule has 0 radical (unpaired) electrons. The van der Waals surface area contributed by atoms with Gasteiger partial charge in [0.2, 0.25) is 0 Å². The monoisotopic (exact) mass is 646 g/mol. The third kappa shape index (κ3) is 8.25. The Morgan fingerprint density at radius 1 is 1.15 bits per heavy atom. The number of benzene rings is 2. The number of aliphatic hydroxyl groups excluding tert-OH is 3. The van der Waals surface area contributed by atoms with Crippen LogP contribution in [0.1, 0.15) is 93.1 Å². The van der Waals surface area contributed by atoms with Crippen molar-refractivity contribution >= 4 is 16.7 Å². The van der Waals surface area contributed by atoms with E-state index in [1.165, 1.54) is 11.1 Å². The number of aryl methyl sites for hydroxylation is 1. The highest BCUT2D eigenvalue weighted by molar-refractivity contribution is 5.85. The average molecular weight is 647 g/mol. The van der Waals surface area contributed by atoms with Crippen LogP contribution in [0.4, 0.5) is 0 Å². The number of nitrogens with two attached hydrogens (primary N) is 2. The number of fused-ring (bicyclic) bond motifs is 1. The Morgan fingerprint density at radius 3 is 2.74 bits per heavy atom. The fourth-order valence-corrected chi connectivity index (χ4v) is 7.29. The lowest BCUT2D eigenvalue weighted by Crippen LogP contribution is -2.26. The van der Waals surface area contributed by atoms with Crippen molar-refractivity contribution in [2.45, 2.75) is 102 Å². The van der Waals surface area contributed by atoms with Crippen LogP contribution in [-0.2, 0) is 23.4 Å². The number of aromatic nitrogens is 2. The SMILES string of the molecule is CCCC(O)CC(O)CC(=O)CCc1ccc(O)c(OCn2cc3[nH]cc(C4(c5cccc(C(N)N)c5)CCC(CCO)C4)c3c2)c1. The van der Waals surface area contributed by atoms with E-state index in [2.05, 4.69) is 29.5 Å². The number of H-pyrrole nitrogens is 1. The van der Waals surface area contributed by atoms with Gasteiger partial charge in [0.1, 0.15) is 5.78 Å². The smallest absolute Gasteiger partial charge is 0.165 e. The number of Topliss-reactive ketones (excluding diaryl/α,β-unsaturated/α-hetero) is 1. The summed E-state index contributed by atoms with van der Waals surface area (Å²) in [5, 5.41) is 41.4. The van der Waals surface area contributed by atoms with Crippen molar-refractivity contribution in [2.24, 2.45) is 17.4 Å². The number of phenols is 1. The second-order valence-electron chi connectivity index (χ2n) is 13.3. The van der Waals surface area contributed by atoms with Gasteiger partial charge in [0.15, 0.2) is 18.2 Å². The molecule has 1 fully saturated rings. The Hall–Kier alpha value is -3.67. The molecule has 9 N–H and O–H groups in total. The summed E-state index contributed by atoms with van der Waals surface area (Å²) >= 11 is 0. The van der Waals surface area contributed by atoms with E-state index in [1.54, 1.807) is 18.2 Å². The van der Waals surface area contributed by atoms with Gasteiger partial charge in [0.25, 0.3) is 0 Å². The van der Waals surface area contributed by atoms with Gasteiger partial charge in [-0.3, -0.25) is 4.79 Å². The summed E-state index contributed by atoms with van der Waals surface area (Å²) in [5.41, 5.74) is 16.9. The fraction of sp³-hybridized carbons (Fsp3) is 0.486. The lowest BCUT2D eigenvalue weighted by atomic mass is 9.72. The quantitative estimate of drug-likeness (QED) is 0.0791. The molecule has 254 valence electrons. The van der Waals surface area contributed by atoms with Crippen LogP contribution in [0.3, 0.4) is 0 Å². The molecule has 10 nitrogen and oxygen atoms in total. The molecule has 0 aliphatic heterocycles. The van der Waals surface area contributed by atoms with Gasteiger partial charge in [-0.05, 0) is 85.3 Å². The summed E-state index contributed by atoms with van der Waals surface area (Å²) in [5.74, 6) is 0.663. The van der Waals surface area contributed by atoms with Crippen LogP contribution in [-0.4, -0.2) is 54.6 Å². The number of carbonyl (C=O) groups excluding carboxylic acids is 1. The number of aromatic hydroxyl groups is 1. The molecule has 1 saturated carbocycles. The first-order chi connectivity index (χ1) is 22.6. The van der Waals surface area contributed by atoms with Crippen molar-refractivity contribution in [3.8, 4) is 11.5 Å². The van der Waals surface area contributed by atoms with Crippen molar-refractivity contribution in [1.82, 2.24) is 9.55 Å². The van der Waals surface area contributed by atoms with Crippen molar-refractivity contribution in [3.05, 3.63) is 83.3 Å². The number of aromatic amines is 1. The first kappa shape index (κ1) is 34.7. The predicted molar refractivity (Wildman–Crippen MR) is 182 cm³/mol. The van der Waals surface area contributed by atoms with E-state index in [0.717, 1.165) is 54.1 Å². The Labute approximate surface area is 276 Å². The van der Waals surface area contributed by atoms with Gasteiger partial charge >= 0.3 is 0 Å². The third-order valence-electron chi connectivity index (χ3n) is 9.75. The van der Waals surface area contributed by atoms with Crippen LogP contribution >= 0.6 is 0 Å². The fourth-order valence-electron chi connectivity index (χ4n) is 7.29. The molecule has 5 rings (SSSR count). The molecule has 0 spiro atoms. The van der Waals surface area contributed by atoms with Gasteiger partial charge in [0, 0.05) is 48.8 Å². The molecule has 2 aromatic carbocycles. The van der Waals surface area contributed by atoms with E-state index in [0.29, 0.717) is 24.5 Å². The first-order valence-electron chi connectivity index (χ1n) is 16.8. The summed E-state index contributed by atoms with van der Waals surface area (Å²) in [7, 11) is 0. The molecule has 0 saturated heterocycles. The normalized spacial score (nSPS) is 19.4. The molecule has 2 aromatic heterocycles. The summed E-state index contributed by atoms with van der Waals surface area (Å²) in [6.07, 6.45) is 10.1. The minimum Gasteiger partial charge on any atom is -0.504 e. The van der Waals surface area contributed by atoms with Gasteiger partial charge in [-0.1, -0.05) is 43.7 Å². The zero-order valence-electron chi connectivity index (χ0n) is 27.3. The molecule has 4 aromatic rings. The van der Waals surface area contributed by atoms with Crippen LogP contribution in [0, 0.1) is 5.92 Å². The molecule has 0 bridgehead atoms. The van der Waals surface area contributed by atoms with E-state index in [9.17, 15) is 25.2 Å². The highest BCUT2D eigenvalue weighted by Gasteiger charge is 2.43. The Balaban J connectivity index is 1.28. The molecular weight excluding hydrogens is 596 g/mol. The molecule has 0 amide bonds. The maximum absolute atomic E-state index is 12.5. The lowest BCUT2D eigenvalue weighted by molar-refractivity contribution is -0.121. The number of nitrogens with zero attached hydrogens (tertiary/aromatic N) is 1. The Morgan fingerprint density at radius 2 is 1.98 bits per heavy atom. The van der Waals surface area contributed by atoms with Crippen LogP contribution in [0.25, 0.3) is 10.9 Å². The highest BCUT2D eigenvalue weighted by Crippen LogP contribution is 2.52. The Bertz CT molecular complexity index is 1630. The second-order valence-corrected chi connectivity index (χ2v) is 13.3. The maximum atomic E-state index is 12.5. The van der Waals surface area contributed by atoms with Gasteiger partial charge in [-0.25, -0.2) is 0 Å². The Kier molecular flexibility index (Phi) is 11.4. The van der Waals surface area contributed by atoms with Crippen molar-refractivity contribution < 1.29 is 30.0 Å². The van der Waals surface area contributed by atoms with Gasteiger partial charge < -0.3 is 46.2 Å². The topological polar surface area (TPSA) is 180 Å². The molecule has 1 aliphatic carbocycles. The third-order valence-corrected chi connectivity index (χ3v) is 9.75. The molecule has 47 heavy (non-hydrogen) atoms. The minimum absolute atomic E-state index is 0.0108. The van der Waals surface area contributed by atoms with Crippen LogP contribution in [0.2, 0.25) is 0 Å². The van der Waals surface area contributed by atoms with Crippen LogP contribution in [0.15, 0.2) is 61.1 Å². The number of phenolic OH excluding ortho intramolecular Hbond substituents is 1. The molecular formula is C37H50N4O6. The number of rotatable bonds is 17. The molecule has 4 unspecified atom stereocenters. The minimum atomic E-state index is -0.851. The molecule has 2 heterocycles. The van der Waals surface area contributed by atoms with Crippen molar-refractivity contribution in [3.63, 3.8) is 0 Å². The van der Waals surface area contributed by atoms with Gasteiger partial charge in [-0.2, -0.15) is 0 Å². The summed E-state index contributed by atoms with van der Waals surface area (Å²) in [6, 6.07) is 13.3. The van der Waals surface area contributed by atoms with E-state index in [4.69, 9.17) is 16.2 Å². The van der Waals surface area contributed by atoms with Crippen molar-refractivity contribution in [1.29, 1.82) is 0 Å². The summed E-state index contributed by atoms with van der Waals surface area (Å²) in [4.78, 5) is 15.9. The van der Waals surface area contributed by atoms with E-state index in [-0.39, 0.29) is 49.5 Å². The highest BCUT2D eigenvalue weighted by atomic mass is 16.5. The average Bonchev–Trinajstić information content (AvgIpc) is 3.75. The number of ketones is 1. The zero-order chi connectivity index (χ0) is 33.6. The number of carbonyl (C=O) groups is 1. The molecule has 4 atom stereocenters. The van der Waals surface area contributed by atoms with E-state index >= 15 is 0 Å². The van der Waals surface area contributed by atoms with Crippen molar-refractivity contribution in [2.75, 3.05) is 6.61 Å². The van der Waals surface area contributed by atoms with E-state index < -0.39 is 18.4 Å². The number of aliphatic hydroxyl groups is 3. The number of hydrogen-bond donors (Lipinski definition) is 7. The molecule has 10 heteroatoms. The number of nitrogens with one attached hydrogen (secondary N) is 1. The summed E-state index contributed by atoms with van der Waals surface area (Å²) < 4.78 is 8.00. The number of ether oxygens (including phenoxy) is 1. The second kappa shape index (κ2) is 15.5. The standard InChI is InChI=1S/C37H50N4O6/c1-2-4-28(43)17-30(45)18-29(44)9-7-24-8-10-34(46)35(15-24)47-23-41-21-31-32(20-40-33(31)22-41)37(13-11-25(19-37)12-14-42)27-6-3-5-26(16-27)36(38)39/h3,5-6,8,10,15-16,20-22,25,28,30,36,40,42-43,45-46H,2,4,7,9,11-14,17-19,23,38-39H2,1H3. The van der Waals surface area contributed by atoms with Gasteiger partial charge in [-0.15, -0.1) is 0 Å². The van der Waals surface area contributed by atoms with E-state index in [1.807, 2.05) is 29.8 Å². The largest absolute Gasteiger partial charge is 0.504 e. The molecule has 1 aliphatic rings. The first-order valence-corrected chi connectivity index (χ1v) is 16.8.